The molecule has 1 unspecified atom stereocenters. The third-order valence-corrected chi connectivity index (χ3v) is 3.39. The van der Waals surface area contributed by atoms with E-state index in [4.69, 9.17) is 4.74 Å². The summed E-state index contributed by atoms with van der Waals surface area (Å²) in [6, 6.07) is 0. The lowest BCUT2D eigenvalue weighted by Crippen LogP contribution is -2.14. The standard InChI is InChI=1S/C18H36O2/c1-15(14-18(5,6)7)11-13-20-16(19)10-8-9-12-17(2,3)4/h15H,8-14H2,1-7H3. The first-order valence-electron chi connectivity index (χ1n) is 8.15. The van der Waals surface area contributed by atoms with Crippen LogP contribution >= 0.6 is 0 Å². The number of unbranched alkanes of at least 4 members (excludes halogenated alkanes) is 1. The van der Waals surface area contributed by atoms with E-state index in [2.05, 4.69) is 48.5 Å². The molecule has 0 radical (unpaired) electrons. The van der Waals surface area contributed by atoms with E-state index < -0.39 is 0 Å². The van der Waals surface area contributed by atoms with Gasteiger partial charge in [0.15, 0.2) is 0 Å². The molecule has 0 saturated carbocycles. The largest absolute Gasteiger partial charge is 0.466 e. The smallest absolute Gasteiger partial charge is 0.305 e. The number of hydrogen-bond donors (Lipinski definition) is 0. The lowest BCUT2D eigenvalue weighted by atomic mass is 9.84. The number of ether oxygens (including phenoxy) is 1. The lowest BCUT2D eigenvalue weighted by molar-refractivity contribution is -0.144. The maximum atomic E-state index is 11.6. The topological polar surface area (TPSA) is 26.3 Å². The molecule has 120 valence electrons. The third-order valence-electron chi connectivity index (χ3n) is 3.39. The van der Waals surface area contributed by atoms with Crippen LogP contribution in [0.1, 0.15) is 87.0 Å². The molecule has 0 heterocycles. The summed E-state index contributed by atoms with van der Waals surface area (Å²) in [5.41, 5.74) is 0.725. The molecule has 1 atom stereocenters. The van der Waals surface area contributed by atoms with Gasteiger partial charge in [-0.05, 0) is 42.4 Å². The van der Waals surface area contributed by atoms with Crippen LogP contribution in [0.3, 0.4) is 0 Å². The van der Waals surface area contributed by atoms with Crippen LogP contribution in [0, 0.1) is 16.7 Å². The molecule has 0 spiro atoms. The van der Waals surface area contributed by atoms with E-state index in [1.165, 1.54) is 12.8 Å². The number of rotatable bonds is 8. The zero-order chi connectivity index (χ0) is 15.8. The summed E-state index contributed by atoms with van der Waals surface area (Å²) < 4.78 is 5.32. The van der Waals surface area contributed by atoms with Crippen molar-refractivity contribution in [2.75, 3.05) is 6.61 Å². The molecular weight excluding hydrogens is 248 g/mol. The van der Waals surface area contributed by atoms with Crippen molar-refractivity contribution in [2.45, 2.75) is 87.0 Å². The minimum Gasteiger partial charge on any atom is -0.466 e. The van der Waals surface area contributed by atoms with Crippen LogP contribution in [0.4, 0.5) is 0 Å². The van der Waals surface area contributed by atoms with Crippen molar-refractivity contribution in [2.24, 2.45) is 16.7 Å². The number of carbonyl (C=O) groups excluding carboxylic acids is 1. The second-order valence-corrected chi connectivity index (χ2v) is 8.65. The molecule has 2 nitrogen and oxygen atoms in total. The molecular formula is C18H36O2. The van der Waals surface area contributed by atoms with Crippen molar-refractivity contribution in [3.63, 3.8) is 0 Å². The molecule has 0 aliphatic carbocycles. The van der Waals surface area contributed by atoms with Crippen molar-refractivity contribution in [3.8, 4) is 0 Å². The van der Waals surface area contributed by atoms with E-state index in [-0.39, 0.29) is 5.97 Å². The van der Waals surface area contributed by atoms with E-state index in [9.17, 15) is 4.79 Å². The first-order chi connectivity index (χ1) is 8.99. The molecule has 0 fully saturated rings. The van der Waals surface area contributed by atoms with Gasteiger partial charge in [-0.15, -0.1) is 0 Å². The van der Waals surface area contributed by atoms with Crippen molar-refractivity contribution in [1.29, 1.82) is 0 Å². The highest BCUT2D eigenvalue weighted by Gasteiger charge is 2.15. The molecule has 0 aliphatic rings. The zero-order valence-electron chi connectivity index (χ0n) is 14.8. The van der Waals surface area contributed by atoms with Gasteiger partial charge in [0.05, 0.1) is 6.61 Å². The van der Waals surface area contributed by atoms with Gasteiger partial charge in [0.1, 0.15) is 0 Å². The Morgan fingerprint density at radius 2 is 1.60 bits per heavy atom. The fraction of sp³-hybridized carbons (Fsp3) is 0.944. The van der Waals surface area contributed by atoms with Gasteiger partial charge >= 0.3 is 5.97 Å². The highest BCUT2D eigenvalue weighted by Crippen LogP contribution is 2.26. The monoisotopic (exact) mass is 284 g/mol. The minimum absolute atomic E-state index is 0.0260. The normalized spacial score (nSPS) is 14.2. The van der Waals surface area contributed by atoms with E-state index >= 15 is 0 Å². The molecule has 2 heteroatoms. The lowest BCUT2D eigenvalue weighted by Gasteiger charge is -2.23. The first-order valence-corrected chi connectivity index (χ1v) is 8.15. The molecule has 0 saturated heterocycles. The van der Waals surface area contributed by atoms with Crippen molar-refractivity contribution in [1.82, 2.24) is 0 Å². The molecule has 0 amide bonds. The van der Waals surface area contributed by atoms with Gasteiger partial charge in [0, 0.05) is 6.42 Å². The molecule has 0 N–H and O–H groups in total. The summed E-state index contributed by atoms with van der Waals surface area (Å²) in [5, 5.41) is 0. The Balaban J connectivity index is 3.59. The summed E-state index contributed by atoms with van der Waals surface area (Å²) in [7, 11) is 0. The highest BCUT2D eigenvalue weighted by molar-refractivity contribution is 5.69. The summed E-state index contributed by atoms with van der Waals surface area (Å²) in [6.45, 7) is 16.3. The molecule has 0 aromatic rings. The second-order valence-electron chi connectivity index (χ2n) is 8.65. The maximum Gasteiger partial charge on any atom is 0.305 e. The molecule has 0 aromatic heterocycles. The van der Waals surface area contributed by atoms with E-state index in [0.717, 1.165) is 19.3 Å². The quantitative estimate of drug-likeness (QED) is 0.428. The van der Waals surface area contributed by atoms with Gasteiger partial charge in [-0.25, -0.2) is 0 Å². The molecule has 0 aliphatic heterocycles. The van der Waals surface area contributed by atoms with Crippen LogP contribution in [-0.4, -0.2) is 12.6 Å². The van der Waals surface area contributed by atoms with E-state index in [1.54, 1.807) is 0 Å². The van der Waals surface area contributed by atoms with Crippen molar-refractivity contribution in [3.05, 3.63) is 0 Å². The average molecular weight is 284 g/mol. The zero-order valence-corrected chi connectivity index (χ0v) is 14.8. The van der Waals surface area contributed by atoms with Crippen LogP contribution in [-0.2, 0) is 9.53 Å². The summed E-state index contributed by atoms with van der Waals surface area (Å²) >= 11 is 0. The molecule has 0 bridgehead atoms. The SMILES string of the molecule is CC(CCOC(=O)CCCCC(C)(C)C)CC(C)(C)C. The number of carbonyl (C=O) groups is 1. The fourth-order valence-corrected chi connectivity index (χ4v) is 2.52. The average Bonchev–Trinajstić information content (AvgIpc) is 2.20. The van der Waals surface area contributed by atoms with Gasteiger partial charge in [-0.2, -0.15) is 0 Å². The first kappa shape index (κ1) is 19.5. The Morgan fingerprint density at radius 1 is 1.00 bits per heavy atom. The molecule has 0 rings (SSSR count). The predicted octanol–water partition coefficient (Wildman–Crippen LogP) is 5.60. The van der Waals surface area contributed by atoms with Crippen LogP contribution in [0.15, 0.2) is 0 Å². The summed E-state index contributed by atoms with van der Waals surface area (Å²) in [6.07, 6.45) is 5.96. The summed E-state index contributed by atoms with van der Waals surface area (Å²) in [5.74, 6) is 0.588. The van der Waals surface area contributed by atoms with Gasteiger partial charge in [-0.3, -0.25) is 4.79 Å². The van der Waals surface area contributed by atoms with Crippen molar-refractivity contribution >= 4 is 5.97 Å². The van der Waals surface area contributed by atoms with Gasteiger partial charge < -0.3 is 4.74 Å². The minimum atomic E-state index is -0.0260. The highest BCUT2D eigenvalue weighted by atomic mass is 16.5. The van der Waals surface area contributed by atoms with Crippen LogP contribution in [0.5, 0.6) is 0 Å². The Morgan fingerprint density at radius 3 is 2.10 bits per heavy atom. The van der Waals surface area contributed by atoms with Gasteiger partial charge in [0.2, 0.25) is 0 Å². The number of hydrogen-bond acceptors (Lipinski definition) is 2. The predicted molar refractivity (Wildman–Crippen MR) is 86.7 cm³/mol. The fourth-order valence-electron chi connectivity index (χ4n) is 2.52. The summed E-state index contributed by atoms with van der Waals surface area (Å²) in [4.78, 5) is 11.6. The van der Waals surface area contributed by atoms with E-state index in [0.29, 0.717) is 29.8 Å². The second kappa shape index (κ2) is 8.69. The van der Waals surface area contributed by atoms with E-state index in [1.807, 2.05) is 0 Å². The van der Waals surface area contributed by atoms with Crippen LogP contribution in [0.2, 0.25) is 0 Å². The third kappa shape index (κ3) is 13.9. The maximum absolute atomic E-state index is 11.6. The Labute approximate surface area is 126 Å². The number of esters is 1. The van der Waals surface area contributed by atoms with Crippen LogP contribution < -0.4 is 0 Å². The van der Waals surface area contributed by atoms with Gasteiger partial charge in [0.25, 0.3) is 0 Å². The molecule has 0 aromatic carbocycles. The Kier molecular flexibility index (Phi) is 8.46. The van der Waals surface area contributed by atoms with Crippen LogP contribution in [0.25, 0.3) is 0 Å². The molecule has 20 heavy (non-hydrogen) atoms. The Hall–Kier alpha value is -0.530. The Bertz CT molecular complexity index is 268. The van der Waals surface area contributed by atoms with Crippen molar-refractivity contribution < 1.29 is 9.53 Å². The van der Waals surface area contributed by atoms with Gasteiger partial charge in [-0.1, -0.05) is 54.9 Å².